The lowest BCUT2D eigenvalue weighted by molar-refractivity contribution is -0.119. The minimum absolute atomic E-state index is 0.0377. The average molecular weight is 292 g/mol. The van der Waals surface area contributed by atoms with Crippen molar-refractivity contribution in [2.45, 2.75) is 37.0 Å². The number of amides is 1. The van der Waals surface area contributed by atoms with Gasteiger partial charge in [0.15, 0.2) is 5.16 Å². The smallest absolute Gasteiger partial charge is 0.231 e. The lowest BCUT2D eigenvalue weighted by Gasteiger charge is -2.11. The van der Waals surface area contributed by atoms with Gasteiger partial charge in [-0.25, -0.2) is 0 Å². The molecule has 1 aliphatic rings. The van der Waals surface area contributed by atoms with Crippen LogP contribution in [0, 0.1) is 0 Å². The molecule has 3 rings (SSSR count). The second-order valence-corrected chi connectivity index (χ2v) is 5.79. The third-order valence-electron chi connectivity index (χ3n) is 3.16. The number of carbonyl (C=O) groups is 1. The van der Waals surface area contributed by atoms with Gasteiger partial charge in [-0.05, 0) is 31.9 Å². The molecule has 1 unspecified atom stereocenters. The summed E-state index contributed by atoms with van der Waals surface area (Å²) in [5.41, 5.74) is 0. The van der Waals surface area contributed by atoms with Gasteiger partial charge in [-0.2, -0.15) is 0 Å². The van der Waals surface area contributed by atoms with Gasteiger partial charge >= 0.3 is 0 Å². The molecule has 1 saturated carbocycles. The Kier molecular flexibility index (Phi) is 3.77. The highest BCUT2D eigenvalue weighted by Gasteiger charge is 2.26. The lowest BCUT2D eigenvalue weighted by Crippen LogP contribution is -2.28. The largest absolute Gasteiger partial charge is 0.467 e. The van der Waals surface area contributed by atoms with Crippen molar-refractivity contribution in [2.75, 3.05) is 5.75 Å². The van der Waals surface area contributed by atoms with E-state index in [2.05, 4.69) is 15.5 Å². The third-order valence-corrected chi connectivity index (χ3v) is 4.12. The van der Waals surface area contributed by atoms with Crippen molar-refractivity contribution in [3.05, 3.63) is 30.5 Å². The van der Waals surface area contributed by atoms with Crippen LogP contribution >= 0.6 is 11.8 Å². The molecule has 1 amide bonds. The van der Waals surface area contributed by atoms with Gasteiger partial charge < -0.3 is 14.3 Å². The number of carbonyl (C=O) groups excluding carboxylic acids is 1. The molecule has 1 fully saturated rings. The molecule has 2 aromatic rings. The Hall–Kier alpha value is -1.76. The van der Waals surface area contributed by atoms with Crippen molar-refractivity contribution in [1.29, 1.82) is 0 Å². The molecule has 2 aromatic heterocycles. The molecule has 20 heavy (non-hydrogen) atoms. The highest BCUT2D eigenvalue weighted by Crippen LogP contribution is 2.37. The van der Waals surface area contributed by atoms with Crippen molar-refractivity contribution in [1.82, 2.24) is 20.1 Å². The van der Waals surface area contributed by atoms with Gasteiger partial charge in [-0.15, -0.1) is 10.2 Å². The van der Waals surface area contributed by atoms with Crippen LogP contribution in [0.15, 0.2) is 34.3 Å². The van der Waals surface area contributed by atoms with E-state index in [1.807, 2.05) is 23.6 Å². The SMILES string of the molecule is CC(NC(=O)CSc1nncn1C1CC1)c1ccco1. The first-order chi connectivity index (χ1) is 9.74. The molecule has 0 aliphatic heterocycles. The zero-order valence-electron chi connectivity index (χ0n) is 11.2. The molecule has 0 saturated heterocycles. The van der Waals surface area contributed by atoms with Crippen molar-refractivity contribution in [2.24, 2.45) is 0 Å². The first-order valence-electron chi connectivity index (χ1n) is 6.59. The molecular formula is C13H16N4O2S. The Morgan fingerprint density at radius 1 is 1.65 bits per heavy atom. The zero-order valence-corrected chi connectivity index (χ0v) is 12.0. The standard InChI is InChI=1S/C13H16N4O2S/c1-9(11-3-2-6-19-11)15-12(18)7-20-13-16-14-8-17(13)10-4-5-10/h2-3,6,8-10H,4-5,7H2,1H3,(H,15,18). The van der Waals surface area contributed by atoms with E-state index in [-0.39, 0.29) is 11.9 Å². The van der Waals surface area contributed by atoms with Crippen LogP contribution in [0.25, 0.3) is 0 Å². The fourth-order valence-electron chi connectivity index (χ4n) is 1.96. The van der Waals surface area contributed by atoms with Gasteiger partial charge in [0.05, 0.1) is 18.1 Å². The van der Waals surface area contributed by atoms with Gasteiger partial charge in [0.2, 0.25) is 5.91 Å². The minimum Gasteiger partial charge on any atom is -0.467 e. The summed E-state index contributed by atoms with van der Waals surface area (Å²) in [5.74, 6) is 1.05. The Balaban J connectivity index is 1.50. The lowest BCUT2D eigenvalue weighted by atomic mass is 10.2. The van der Waals surface area contributed by atoms with Gasteiger partial charge in [-0.3, -0.25) is 4.79 Å². The van der Waals surface area contributed by atoms with E-state index in [0.717, 1.165) is 10.9 Å². The van der Waals surface area contributed by atoms with E-state index in [1.54, 1.807) is 12.6 Å². The molecule has 106 valence electrons. The van der Waals surface area contributed by atoms with E-state index in [0.29, 0.717) is 11.8 Å². The summed E-state index contributed by atoms with van der Waals surface area (Å²) >= 11 is 1.42. The third kappa shape index (κ3) is 3.04. The van der Waals surface area contributed by atoms with Crippen LogP contribution in [0.5, 0.6) is 0 Å². The maximum absolute atomic E-state index is 11.9. The van der Waals surface area contributed by atoms with E-state index in [4.69, 9.17) is 4.42 Å². The quantitative estimate of drug-likeness (QED) is 0.826. The molecule has 2 heterocycles. The van der Waals surface area contributed by atoms with Crippen LogP contribution in [0.4, 0.5) is 0 Å². The summed E-state index contributed by atoms with van der Waals surface area (Å²) < 4.78 is 7.31. The maximum atomic E-state index is 11.9. The number of nitrogens with zero attached hydrogens (tertiary/aromatic N) is 3. The first kappa shape index (κ1) is 13.2. The van der Waals surface area contributed by atoms with Gasteiger partial charge in [-0.1, -0.05) is 11.8 Å². The number of hydrogen-bond donors (Lipinski definition) is 1. The summed E-state index contributed by atoms with van der Waals surface area (Å²) in [6.45, 7) is 1.90. The second kappa shape index (κ2) is 5.70. The summed E-state index contributed by atoms with van der Waals surface area (Å²) in [4.78, 5) is 11.9. The predicted octanol–water partition coefficient (Wildman–Crippen LogP) is 2.18. The number of rotatable bonds is 6. The summed E-state index contributed by atoms with van der Waals surface area (Å²) in [7, 11) is 0. The zero-order chi connectivity index (χ0) is 13.9. The topological polar surface area (TPSA) is 73.0 Å². The summed E-state index contributed by atoms with van der Waals surface area (Å²) in [6, 6.07) is 4.06. The fourth-order valence-corrected chi connectivity index (χ4v) is 2.75. The molecule has 0 bridgehead atoms. The van der Waals surface area contributed by atoms with Crippen LogP contribution in [-0.4, -0.2) is 26.4 Å². The number of nitrogens with one attached hydrogen (secondary N) is 1. The van der Waals surface area contributed by atoms with E-state index in [9.17, 15) is 4.79 Å². The number of furan rings is 1. The molecule has 1 aliphatic carbocycles. The molecular weight excluding hydrogens is 276 g/mol. The summed E-state index contributed by atoms with van der Waals surface area (Å²) in [6.07, 6.45) is 5.69. The van der Waals surface area contributed by atoms with Gasteiger partial charge in [0.25, 0.3) is 0 Å². The van der Waals surface area contributed by atoms with Crippen molar-refractivity contribution < 1.29 is 9.21 Å². The van der Waals surface area contributed by atoms with E-state index >= 15 is 0 Å². The molecule has 0 spiro atoms. The van der Waals surface area contributed by atoms with Crippen molar-refractivity contribution in [3.8, 4) is 0 Å². The molecule has 0 radical (unpaired) electrons. The first-order valence-corrected chi connectivity index (χ1v) is 7.57. The maximum Gasteiger partial charge on any atom is 0.231 e. The monoisotopic (exact) mass is 292 g/mol. The van der Waals surface area contributed by atoms with E-state index < -0.39 is 0 Å². The number of aromatic nitrogens is 3. The number of hydrogen-bond acceptors (Lipinski definition) is 5. The number of thioether (sulfide) groups is 1. The van der Waals surface area contributed by atoms with Crippen LogP contribution in [0.3, 0.4) is 0 Å². The van der Waals surface area contributed by atoms with Crippen molar-refractivity contribution in [3.63, 3.8) is 0 Å². The minimum atomic E-state index is -0.126. The molecule has 0 aromatic carbocycles. The van der Waals surface area contributed by atoms with Crippen molar-refractivity contribution >= 4 is 17.7 Å². The van der Waals surface area contributed by atoms with Crippen LogP contribution in [0.2, 0.25) is 0 Å². The van der Waals surface area contributed by atoms with Crippen LogP contribution in [-0.2, 0) is 4.79 Å². The normalized spacial score (nSPS) is 16.1. The summed E-state index contributed by atoms with van der Waals surface area (Å²) in [5, 5.41) is 11.7. The fraction of sp³-hybridized carbons (Fsp3) is 0.462. The highest BCUT2D eigenvalue weighted by molar-refractivity contribution is 7.99. The van der Waals surface area contributed by atoms with Crippen LogP contribution < -0.4 is 5.32 Å². The van der Waals surface area contributed by atoms with Gasteiger partial charge in [0, 0.05) is 6.04 Å². The Morgan fingerprint density at radius 2 is 2.50 bits per heavy atom. The van der Waals surface area contributed by atoms with E-state index in [1.165, 1.54) is 24.6 Å². The molecule has 7 heteroatoms. The average Bonchev–Trinajstić information content (AvgIpc) is 2.95. The predicted molar refractivity (Wildman–Crippen MR) is 74.3 cm³/mol. The molecule has 1 N–H and O–H groups in total. The Bertz CT molecular complexity index is 577. The molecule has 6 nitrogen and oxygen atoms in total. The second-order valence-electron chi connectivity index (χ2n) is 4.85. The Labute approximate surface area is 120 Å². The Morgan fingerprint density at radius 3 is 3.20 bits per heavy atom. The highest BCUT2D eigenvalue weighted by atomic mass is 32.2. The molecule has 1 atom stereocenters. The van der Waals surface area contributed by atoms with Crippen LogP contribution in [0.1, 0.15) is 37.6 Å². The van der Waals surface area contributed by atoms with Gasteiger partial charge in [0.1, 0.15) is 12.1 Å².